The normalized spacial score (nSPS) is 11.4. The summed E-state index contributed by atoms with van der Waals surface area (Å²) in [4.78, 5) is 7.09. The molecule has 0 saturated carbocycles. The smallest absolute Gasteiger partial charge is 0.131 e. The number of nitrogens with zero attached hydrogens (tertiary/aromatic N) is 2. The number of rotatable bonds is 8. The summed E-state index contributed by atoms with van der Waals surface area (Å²) in [5.74, 6) is 1.82. The lowest BCUT2D eigenvalue weighted by Crippen LogP contribution is -2.33. The van der Waals surface area contributed by atoms with Crippen molar-refractivity contribution >= 4 is 5.82 Å². The molecule has 0 spiro atoms. The van der Waals surface area contributed by atoms with Crippen molar-refractivity contribution in [3.63, 3.8) is 0 Å². The van der Waals surface area contributed by atoms with Crippen molar-refractivity contribution in [3.8, 4) is 0 Å². The Kier molecular flexibility index (Phi) is 7.00. The highest BCUT2D eigenvalue weighted by Crippen LogP contribution is 2.20. The molecule has 0 radical (unpaired) electrons. The van der Waals surface area contributed by atoms with Gasteiger partial charge in [-0.1, -0.05) is 20.8 Å². The van der Waals surface area contributed by atoms with Crippen LogP contribution in [0.2, 0.25) is 0 Å². The monoisotopic (exact) mass is 277 g/mol. The summed E-state index contributed by atoms with van der Waals surface area (Å²) >= 11 is 0. The SMILES string of the molecule is CCCN(c1ncc(CNCC(C)C)cc1C)C(C)C. The zero-order valence-corrected chi connectivity index (χ0v) is 14.0. The number of nitrogens with one attached hydrogen (secondary N) is 1. The van der Waals surface area contributed by atoms with Crippen LogP contribution in [0.25, 0.3) is 0 Å². The molecule has 1 heterocycles. The van der Waals surface area contributed by atoms with Gasteiger partial charge in [-0.25, -0.2) is 4.98 Å². The van der Waals surface area contributed by atoms with Crippen molar-refractivity contribution in [3.05, 3.63) is 23.4 Å². The maximum absolute atomic E-state index is 4.70. The second kappa shape index (κ2) is 8.25. The predicted molar refractivity (Wildman–Crippen MR) is 88.3 cm³/mol. The first-order valence-corrected chi connectivity index (χ1v) is 7.88. The van der Waals surface area contributed by atoms with Crippen molar-refractivity contribution < 1.29 is 0 Å². The van der Waals surface area contributed by atoms with Gasteiger partial charge in [0.2, 0.25) is 0 Å². The average molecular weight is 277 g/mol. The highest BCUT2D eigenvalue weighted by molar-refractivity contribution is 5.48. The summed E-state index contributed by atoms with van der Waals surface area (Å²) < 4.78 is 0. The van der Waals surface area contributed by atoms with Crippen LogP contribution in [0.1, 0.15) is 52.2 Å². The number of hydrogen-bond donors (Lipinski definition) is 1. The van der Waals surface area contributed by atoms with Crippen molar-refractivity contribution in [2.75, 3.05) is 18.0 Å². The molecule has 1 N–H and O–H groups in total. The number of hydrogen-bond acceptors (Lipinski definition) is 3. The molecular formula is C17H31N3. The number of aromatic nitrogens is 1. The highest BCUT2D eigenvalue weighted by Gasteiger charge is 2.13. The van der Waals surface area contributed by atoms with Crippen LogP contribution in [-0.2, 0) is 6.54 Å². The lowest BCUT2D eigenvalue weighted by Gasteiger charge is -2.29. The number of aryl methyl sites for hydroxylation is 1. The minimum absolute atomic E-state index is 0.492. The quantitative estimate of drug-likeness (QED) is 0.784. The molecule has 3 nitrogen and oxygen atoms in total. The molecule has 114 valence electrons. The van der Waals surface area contributed by atoms with Gasteiger partial charge in [0, 0.05) is 25.3 Å². The van der Waals surface area contributed by atoms with E-state index in [0.29, 0.717) is 12.0 Å². The van der Waals surface area contributed by atoms with Crippen LogP contribution in [0.3, 0.4) is 0 Å². The Bertz CT molecular complexity index is 399. The summed E-state index contributed by atoms with van der Waals surface area (Å²) in [6.45, 7) is 16.3. The summed E-state index contributed by atoms with van der Waals surface area (Å²) in [7, 11) is 0. The van der Waals surface area contributed by atoms with Gasteiger partial charge in [-0.2, -0.15) is 0 Å². The van der Waals surface area contributed by atoms with E-state index in [-0.39, 0.29) is 0 Å². The lowest BCUT2D eigenvalue weighted by atomic mass is 10.1. The van der Waals surface area contributed by atoms with Crippen LogP contribution in [-0.4, -0.2) is 24.1 Å². The van der Waals surface area contributed by atoms with Gasteiger partial charge in [-0.15, -0.1) is 0 Å². The average Bonchev–Trinajstić information content (AvgIpc) is 2.36. The van der Waals surface area contributed by atoms with E-state index in [9.17, 15) is 0 Å². The van der Waals surface area contributed by atoms with Gasteiger partial charge < -0.3 is 10.2 Å². The van der Waals surface area contributed by atoms with Crippen molar-refractivity contribution in [1.29, 1.82) is 0 Å². The molecule has 0 amide bonds. The standard InChI is InChI=1S/C17H31N3/c1-7-8-20(14(4)5)17-15(6)9-16(12-19-17)11-18-10-13(2)3/h9,12-14,18H,7-8,10-11H2,1-6H3. The summed E-state index contributed by atoms with van der Waals surface area (Å²) in [6, 6.07) is 2.76. The molecule has 0 saturated heterocycles. The molecule has 0 atom stereocenters. The molecule has 20 heavy (non-hydrogen) atoms. The van der Waals surface area contributed by atoms with Gasteiger partial charge in [0.1, 0.15) is 5.82 Å². The molecule has 0 bridgehead atoms. The molecule has 0 unspecified atom stereocenters. The second-order valence-corrected chi connectivity index (χ2v) is 6.30. The topological polar surface area (TPSA) is 28.2 Å². The van der Waals surface area contributed by atoms with E-state index in [4.69, 9.17) is 4.98 Å². The maximum atomic E-state index is 4.70. The third-order valence-corrected chi connectivity index (χ3v) is 3.35. The molecule has 1 rings (SSSR count). The van der Waals surface area contributed by atoms with Gasteiger partial charge >= 0.3 is 0 Å². The Morgan fingerprint density at radius 1 is 1.25 bits per heavy atom. The van der Waals surface area contributed by atoms with Crippen LogP contribution >= 0.6 is 0 Å². The fourth-order valence-corrected chi connectivity index (χ4v) is 2.38. The van der Waals surface area contributed by atoms with E-state index in [0.717, 1.165) is 31.9 Å². The fourth-order valence-electron chi connectivity index (χ4n) is 2.38. The van der Waals surface area contributed by atoms with Crippen LogP contribution < -0.4 is 10.2 Å². The predicted octanol–water partition coefficient (Wildman–Crippen LogP) is 3.76. The largest absolute Gasteiger partial charge is 0.354 e. The van der Waals surface area contributed by atoms with Crippen molar-refractivity contribution in [2.24, 2.45) is 5.92 Å². The van der Waals surface area contributed by atoms with Crippen LogP contribution in [0, 0.1) is 12.8 Å². The number of anilines is 1. The van der Waals surface area contributed by atoms with E-state index in [1.54, 1.807) is 0 Å². The molecule has 0 aliphatic rings. The first-order chi connectivity index (χ1) is 9.45. The Labute approximate surface area is 124 Å². The highest BCUT2D eigenvalue weighted by atomic mass is 15.2. The van der Waals surface area contributed by atoms with Gasteiger partial charge in [-0.3, -0.25) is 0 Å². The summed E-state index contributed by atoms with van der Waals surface area (Å²) in [5.41, 5.74) is 2.54. The second-order valence-electron chi connectivity index (χ2n) is 6.30. The molecule has 1 aromatic heterocycles. The van der Waals surface area contributed by atoms with E-state index < -0.39 is 0 Å². The van der Waals surface area contributed by atoms with E-state index >= 15 is 0 Å². The molecule has 0 aliphatic heterocycles. The first kappa shape index (κ1) is 17.0. The molecule has 1 aromatic rings. The van der Waals surface area contributed by atoms with Crippen molar-refractivity contribution in [1.82, 2.24) is 10.3 Å². The van der Waals surface area contributed by atoms with Crippen LogP contribution in [0.5, 0.6) is 0 Å². The first-order valence-electron chi connectivity index (χ1n) is 7.88. The zero-order chi connectivity index (χ0) is 15.1. The van der Waals surface area contributed by atoms with Crippen LogP contribution in [0.15, 0.2) is 12.3 Å². The fraction of sp³-hybridized carbons (Fsp3) is 0.706. The maximum Gasteiger partial charge on any atom is 0.131 e. The molecule has 0 aromatic carbocycles. The van der Waals surface area contributed by atoms with E-state index in [1.165, 1.54) is 11.1 Å². The summed E-state index contributed by atoms with van der Waals surface area (Å²) in [5, 5.41) is 3.47. The van der Waals surface area contributed by atoms with Gasteiger partial charge in [-0.05, 0) is 56.8 Å². The van der Waals surface area contributed by atoms with Gasteiger partial charge in [0.15, 0.2) is 0 Å². The minimum atomic E-state index is 0.492. The van der Waals surface area contributed by atoms with Crippen molar-refractivity contribution in [2.45, 2.75) is 60.5 Å². The number of pyridine rings is 1. The molecular weight excluding hydrogens is 246 g/mol. The van der Waals surface area contributed by atoms with E-state index in [1.807, 2.05) is 6.20 Å². The molecule has 0 fully saturated rings. The molecule has 3 heteroatoms. The third kappa shape index (κ3) is 5.12. The van der Waals surface area contributed by atoms with Crippen LogP contribution in [0.4, 0.5) is 5.82 Å². The Morgan fingerprint density at radius 2 is 1.95 bits per heavy atom. The zero-order valence-electron chi connectivity index (χ0n) is 14.0. The third-order valence-electron chi connectivity index (χ3n) is 3.35. The lowest BCUT2D eigenvalue weighted by molar-refractivity contribution is 0.551. The van der Waals surface area contributed by atoms with E-state index in [2.05, 4.69) is 57.8 Å². The summed E-state index contributed by atoms with van der Waals surface area (Å²) in [6.07, 6.45) is 3.16. The Hall–Kier alpha value is -1.09. The Balaban J connectivity index is 2.76. The van der Waals surface area contributed by atoms with Gasteiger partial charge in [0.25, 0.3) is 0 Å². The minimum Gasteiger partial charge on any atom is -0.354 e. The Morgan fingerprint density at radius 3 is 2.45 bits per heavy atom. The molecule has 0 aliphatic carbocycles. The van der Waals surface area contributed by atoms with Gasteiger partial charge in [0.05, 0.1) is 0 Å².